The summed E-state index contributed by atoms with van der Waals surface area (Å²) in [5, 5.41) is 1.13. The minimum absolute atomic E-state index is 0.118. The van der Waals surface area contributed by atoms with E-state index in [2.05, 4.69) is 13.8 Å². The van der Waals surface area contributed by atoms with E-state index in [1.165, 1.54) is 6.07 Å². The average Bonchev–Trinajstić information content (AvgIpc) is 2.44. The van der Waals surface area contributed by atoms with E-state index in [1.54, 1.807) is 29.0 Å². The number of rotatable bonds is 6. The standard InChI is InChI=1S/C17H19Cl2NO2/c1-12(2)6-8-22-15-5-7-20(17(21)10-15)11-13-3-4-14(18)9-16(13)19/h3-5,7,9-10,12H,6,8,11H2,1-2H3. The highest BCUT2D eigenvalue weighted by atomic mass is 35.5. The highest BCUT2D eigenvalue weighted by Crippen LogP contribution is 2.21. The highest BCUT2D eigenvalue weighted by Gasteiger charge is 2.05. The Labute approximate surface area is 140 Å². The van der Waals surface area contributed by atoms with Gasteiger partial charge in [0.05, 0.1) is 13.2 Å². The van der Waals surface area contributed by atoms with Crippen LogP contribution in [0.15, 0.2) is 41.3 Å². The van der Waals surface area contributed by atoms with Gasteiger partial charge >= 0.3 is 0 Å². The van der Waals surface area contributed by atoms with Gasteiger partial charge in [-0.25, -0.2) is 0 Å². The van der Waals surface area contributed by atoms with Crippen LogP contribution in [0.3, 0.4) is 0 Å². The predicted molar refractivity (Wildman–Crippen MR) is 91.2 cm³/mol. The number of nitrogens with zero attached hydrogens (tertiary/aromatic N) is 1. The Hall–Kier alpha value is -1.45. The van der Waals surface area contributed by atoms with Crippen LogP contribution in [0.1, 0.15) is 25.8 Å². The average molecular weight is 340 g/mol. The second-order valence-electron chi connectivity index (χ2n) is 5.60. The molecule has 0 amide bonds. The molecule has 5 heteroatoms. The third-order valence-electron chi connectivity index (χ3n) is 3.29. The Morgan fingerprint density at radius 3 is 2.59 bits per heavy atom. The maximum Gasteiger partial charge on any atom is 0.254 e. The largest absolute Gasteiger partial charge is 0.493 e. The Morgan fingerprint density at radius 2 is 1.95 bits per heavy atom. The first kappa shape index (κ1) is 16.9. The van der Waals surface area contributed by atoms with Crippen molar-refractivity contribution in [2.45, 2.75) is 26.8 Å². The van der Waals surface area contributed by atoms with Gasteiger partial charge < -0.3 is 9.30 Å². The van der Waals surface area contributed by atoms with E-state index in [0.29, 0.717) is 34.9 Å². The van der Waals surface area contributed by atoms with Crippen LogP contribution in [0.5, 0.6) is 5.75 Å². The molecule has 0 aliphatic heterocycles. The molecule has 0 atom stereocenters. The molecule has 0 spiro atoms. The molecular formula is C17H19Cl2NO2. The zero-order chi connectivity index (χ0) is 16.1. The number of ether oxygens (including phenoxy) is 1. The number of hydrogen-bond acceptors (Lipinski definition) is 2. The Morgan fingerprint density at radius 1 is 1.18 bits per heavy atom. The van der Waals surface area contributed by atoms with E-state index in [9.17, 15) is 4.79 Å². The van der Waals surface area contributed by atoms with Crippen molar-refractivity contribution in [3.05, 3.63) is 62.5 Å². The third-order valence-corrected chi connectivity index (χ3v) is 3.87. The van der Waals surface area contributed by atoms with Crippen molar-refractivity contribution in [1.29, 1.82) is 0 Å². The first-order valence-corrected chi connectivity index (χ1v) is 7.98. The van der Waals surface area contributed by atoms with Gasteiger partial charge in [0.2, 0.25) is 0 Å². The monoisotopic (exact) mass is 339 g/mol. The molecule has 2 aromatic rings. The zero-order valence-corrected chi connectivity index (χ0v) is 14.2. The van der Waals surface area contributed by atoms with Gasteiger partial charge in [-0.15, -0.1) is 0 Å². The van der Waals surface area contributed by atoms with Crippen LogP contribution in [0.25, 0.3) is 0 Å². The number of aromatic nitrogens is 1. The molecule has 1 aromatic heterocycles. The van der Waals surface area contributed by atoms with Gasteiger partial charge in [0.15, 0.2) is 0 Å². The van der Waals surface area contributed by atoms with Crippen LogP contribution < -0.4 is 10.3 Å². The normalized spacial score (nSPS) is 11.0. The first-order valence-electron chi connectivity index (χ1n) is 7.23. The lowest BCUT2D eigenvalue weighted by Crippen LogP contribution is -2.19. The summed E-state index contributed by atoms with van der Waals surface area (Å²) < 4.78 is 7.17. The zero-order valence-electron chi connectivity index (χ0n) is 12.7. The lowest BCUT2D eigenvalue weighted by Gasteiger charge is -2.11. The molecule has 1 aromatic carbocycles. The summed E-state index contributed by atoms with van der Waals surface area (Å²) in [7, 11) is 0. The van der Waals surface area contributed by atoms with Gasteiger partial charge in [0, 0.05) is 22.3 Å². The fourth-order valence-corrected chi connectivity index (χ4v) is 2.42. The SMILES string of the molecule is CC(C)CCOc1ccn(Cc2ccc(Cl)cc2Cl)c(=O)c1. The molecule has 0 unspecified atom stereocenters. The van der Waals surface area contributed by atoms with E-state index < -0.39 is 0 Å². The van der Waals surface area contributed by atoms with E-state index >= 15 is 0 Å². The van der Waals surface area contributed by atoms with Crippen LogP contribution in [0.4, 0.5) is 0 Å². The number of pyridine rings is 1. The molecular weight excluding hydrogens is 321 g/mol. The van der Waals surface area contributed by atoms with Crippen LogP contribution in [-0.4, -0.2) is 11.2 Å². The van der Waals surface area contributed by atoms with Gasteiger partial charge in [-0.3, -0.25) is 4.79 Å². The summed E-state index contributed by atoms with van der Waals surface area (Å²) in [5.41, 5.74) is 0.731. The van der Waals surface area contributed by atoms with Gasteiger partial charge in [0.25, 0.3) is 5.56 Å². The molecule has 0 saturated carbocycles. The Kier molecular flexibility index (Phi) is 5.92. The summed E-state index contributed by atoms with van der Waals surface area (Å²) in [6.07, 6.45) is 2.68. The maximum absolute atomic E-state index is 12.1. The molecule has 0 bridgehead atoms. The van der Waals surface area contributed by atoms with Crippen molar-refractivity contribution in [1.82, 2.24) is 4.57 Å². The highest BCUT2D eigenvalue weighted by molar-refractivity contribution is 6.35. The van der Waals surface area contributed by atoms with E-state index in [0.717, 1.165) is 12.0 Å². The van der Waals surface area contributed by atoms with E-state index in [4.69, 9.17) is 27.9 Å². The molecule has 0 aliphatic carbocycles. The smallest absolute Gasteiger partial charge is 0.254 e. The van der Waals surface area contributed by atoms with Crippen molar-refractivity contribution in [3.63, 3.8) is 0 Å². The molecule has 0 N–H and O–H groups in total. The van der Waals surface area contributed by atoms with Crippen LogP contribution in [0, 0.1) is 5.92 Å². The topological polar surface area (TPSA) is 31.2 Å². The minimum Gasteiger partial charge on any atom is -0.493 e. The second-order valence-corrected chi connectivity index (χ2v) is 6.44. The second kappa shape index (κ2) is 7.70. The lowest BCUT2D eigenvalue weighted by molar-refractivity contribution is 0.288. The van der Waals surface area contributed by atoms with Crippen molar-refractivity contribution in [2.24, 2.45) is 5.92 Å². The van der Waals surface area contributed by atoms with Crippen molar-refractivity contribution in [3.8, 4) is 5.75 Å². The van der Waals surface area contributed by atoms with Crippen LogP contribution in [-0.2, 0) is 6.54 Å². The Bertz CT molecular complexity index is 695. The molecule has 1 heterocycles. The van der Waals surface area contributed by atoms with Crippen LogP contribution >= 0.6 is 23.2 Å². The van der Waals surface area contributed by atoms with Crippen molar-refractivity contribution < 1.29 is 4.74 Å². The quantitative estimate of drug-likeness (QED) is 0.768. The van der Waals surface area contributed by atoms with Gasteiger partial charge in [-0.05, 0) is 36.1 Å². The number of halogens is 2. The molecule has 3 nitrogen and oxygen atoms in total. The van der Waals surface area contributed by atoms with Gasteiger partial charge in [-0.1, -0.05) is 43.1 Å². The van der Waals surface area contributed by atoms with Crippen LogP contribution in [0.2, 0.25) is 10.0 Å². The minimum atomic E-state index is -0.118. The maximum atomic E-state index is 12.1. The molecule has 22 heavy (non-hydrogen) atoms. The van der Waals surface area contributed by atoms with Crippen molar-refractivity contribution in [2.75, 3.05) is 6.61 Å². The van der Waals surface area contributed by atoms with Gasteiger partial charge in [0.1, 0.15) is 5.75 Å². The predicted octanol–water partition coefficient (Wildman–Crippen LogP) is 4.63. The van der Waals surface area contributed by atoms with E-state index in [1.807, 2.05) is 6.07 Å². The number of benzene rings is 1. The molecule has 2 rings (SSSR count). The molecule has 0 fully saturated rings. The summed E-state index contributed by atoms with van der Waals surface area (Å²) in [6, 6.07) is 8.56. The summed E-state index contributed by atoms with van der Waals surface area (Å²) >= 11 is 12.0. The third kappa shape index (κ3) is 4.79. The molecule has 0 radical (unpaired) electrons. The number of hydrogen-bond donors (Lipinski definition) is 0. The molecule has 0 aliphatic rings. The summed E-state index contributed by atoms with van der Waals surface area (Å²) in [4.78, 5) is 12.1. The molecule has 118 valence electrons. The molecule has 0 saturated heterocycles. The Balaban J connectivity index is 2.08. The summed E-state index contributed by atoms with van der Waals surface area (Å²) in [6.45, 7) is 5.29. The fourth-order valence-electron chi connectivity index (χ4n) is 1.96. The fraction of sp³-hybridized carbons (Fsp3) is 0.353. The van der Waals surface area contributed by atoms with E-state index in [-0.39, 0.29) is 5.56 Å². The lowest BCUT2D eigenvalue weighted by atomic mass is 10.1. The van der Waals surface area contributed by atoms with Crippen molar-refractivity contribution >= 4 is 23.2 Å². The first-order chi connectivity index (χ1) is 10.5. The van der Waals surface area contributed by atoms with Gasteiger partial charge in [-0.2, -0.15) is 0 Å². The summed E-state index contributed by atoms with van der Waals surface area (Å²) in [5.74, 6) is 1.18.